The molecular weight excluding hydrogens is 430 g/mol. The third kappa shape index (κ3) is 5.54. The quantitative estimate of drug-likeness (QED) is 0.278. The first-order chi connectivity index (χ1) is 15.4. The highest BCUT2D eigenvalue weighted by Gasteiger charge is 2.17. The van der Waals surface area contributed by atoms with Crippen molar-refractivity contribution in [3.8, 4) is 0 Å². The SMILES string of the molecule is COCCn1c(SCC(=O)N(C)Cc2ccccc2)nc2cc(C(=O)OC)ccc2c1=O. The first-order valence-corrected chi connectivity index (χ1v) is 11.0. The number of nitrogens with zero attached hydrogens (tertiary/aromatic N) is 3. The van der Waals surface area contributed by atoms with E-state index in [2.05, 4.69) is 4.98 Å². The number of amides is 1. The van der Waals surface area contributed by atoms with E-state index in [0.717, 1.165) is 5.56 Å². The normalized spacial score (nSPS) is 10.8. The van der Waals surface area contributed by atoms with Crippen molar-refractivity contribution in [2.75, 3.05) is 33.6 Å². The van der Waals surface area contributed by atoms with Gasteiger partial charge in [0.2, 0.25) is 5.91 Å². The topological polar surface area (TPSA) is 90.7 Å². The van der Waals surface area contributed by atoms with E-state index in [0.29, 0.717) is 41.3 Å². The maximum atomic E-state index is 13.1. The lowest BCUT2D eigenvalue weighted by atomic mass is 10.1. The van der Waals surface area contributed by atoms with Gasteiger partial charge in [0.25, 0.3) is 5.56 Å². The molecule has 0 spiro atoms. The predicted octanol–water partition coefficient (Wildman–Crippen LogP) is 2.58. The van der Waals surface area contributed by atoms with Crippen LogP contribution < -0.4 is 5.56 Å². The van der Waals surface area contributed by atoms with Gasteiger partial charge in [0.05, 0.1) is 42.5 Å². The third-order valence-corrected chi connectivity index (χ3v) is 5.83. The average Bonchev–Trinajstić information content (AvgIpc) is 2.81. The van der Waals surface area contributed by atoms with E-state index in [1.807, 2.05) is 30.3 Å². The Balaban J connectivity index is 1.86. The highest BCUT2D eigenvalue weighted by molar-refractivity contribution is 7.99. The number of methoxy groups -OCH3 is 2. The fourth-order valence-corrected chi connectivity index (χ4v) is 4.08. The second kappa shape index (κ2) is 10.9. The van der Waals surface area contributed by atoms with Crippen molar-refractivity contribution in [2.24, 2.45) is 0 Å². The van der Waals surface area contributed by atoms with Crippen LogP contribution in [0.1, 0.15) is 15.9 Å². The minimum atomic E-state index is -0.510. The minimum Gasteiger partial charge on any atom is -0.465 e. The van der Waals surface area contributed by atoms with Crippen LogP contribution in [-0.2, 0) is 27.4 Å². The molecule has 1 aromatic heterocycles. The Labute approximate surface area is 190 Å². The molecule has 0 fully saturated rings. The maximum Gasteiger partial charge on any atom is 0.337 e. The van der Waals surface area contributed by atoms with Gasteiger partial charge in [-0.2, -0.15) is 0 Å². The monoisotopic (exact) mass is 455 g/mol. The highest BCUT2D eigenvalue weighted by atomic mass is 32.2. The van der Waals surface area contributed by atoms with Crippen LogP contribution in [0.15, 0.2) is 58.5 Å². The molecule has 0 saturated heterocycles. The van der Waals surface area contributed by atoms with Crippen LogP contribution in [0.3, 0.4) is 0 Å². The summed E-state index contributed by atoms with van der Waals surface area (Å²) in [5.74, 6) is -0.482. The van der Waals surface area contributed by atoms with Crippen molar-refractivity contribution in [3.05, 3.63) is 70.0 Å². The van der Waals surface area contributed by atoms with Gasteiger partial charge in [-0.05, 0) is 23.8 Å². The molecule has 2 aromatic carbocycles. The van der Waals surface area contributed by atoms with Gasteiger partial charge in [0.15, 0.2) is 5.16 Å². The summed E-state index contributed by atoms with van der Waals surface area (Å²) >= 11 is 1.18. The van der Waals surface area contributed by atoms with Gasteiger partial charge in [-0.25, -0.2) is 9.78 Å². The first kappa shape index (κ1) is 23.5. The van der Waals surface area contributed by atoms with Crippen molar-refractivity contribution in [3.63, 3.8) is 0 Å². The van der Waals surface area contributed by atoms with E-state index in [1.165, 1.54) is 35.6 Å². The number of ether oxygens (including phenoxy) is 2. The number of hydrogen-bond acceptors (Lipinski definition) is 7. The fraction of sp³-hybridized carbons (Fsp3) is 0.304. The molecule has 168 valence electrons. The van der Waals surface area contributed by atoms with Gasteiger partial charge in [0.1, 0.15) is 0 Å². The number of carbonyl (C=O) groups is 2. The second-order valence-corrected chi connectivity index (χ2v) is 8.03. The molecule has 9 heteroatoms. The number of esters is 1. The summed E-state index contributed by atoms with van der Waals surface area (Å²) in [6.07, 6.45) is 0. The van der Waals surface area contributed by atoms with Crippen LogP contribution in [0.25, 0.3) is 10.9 Å². The molecule has 0 aliphatic rings. The number of thioether (sulfide) groups is 1. The zero-order valence-corrected chi connectivity index (χ0v) is 19.1. The van der Waals surface area contributed by atoms with Crippen LogP contribution in [0.4, 0.5) is 0 Å². The van der Waals surface area contributed by atoms with Gasteiger partial charge in [-0.15, -0.1) is 0 Å². The molecule has 0 unspecified atom stereocenters. The van der Waals surface area contributed by atoms with E-state index in [-0.39, 0.29) is 17.2 Å². The van der Waals surface area contributed by atoms with Crippen molar-refractivity contribution in [1.29, 1.82) is 0 Å². The molecule has 3 aromatic rings. The summed E-state index contributed by atoms with van der Waals surface area (Å²) in [7, 11) is 4.59. The molecule has 8 nitrogen and oxygen atoms in total. The van der Waals surface area contributed by atoms with Crippen LogP contribution in [0.2, 0.25) is 0 Å². The molecule has 32 heavy (non-hydrogen) atoms. The lowest BCUT2D eigenvalue weighted by Gasteiger charge is -2.18. The lowest BCUT2D eigenvalue weighted by Crippen LogP contribution is -2.29. The third-order valence-electron chi connectivity index (χ3n) is 4.87. The summed E-state index contributed by atoms with van der Waals surface area (Å²) in [5, 5.41) is 0.772. The molecule has 3 rings (SSSR count). The van der Waals surface area contributed by atoms with Crippen molar-refractivity contribution in [1.82, 2.24) is 14.5 Å². The molecule has 0 atom stereocenters. The number of fused-ring (bicyclic) bond motifs is 1. The largest absolute Gasteiger partial charge is 0.465 e. The molecule has 1 heterocycles. The summed E-state index contributed by atoms with van der Waals surface area (Å²) in [4.78, 5) is 43.8. The molecule has 0 bridgehead atoms. The Morgan fingerprint density at radius 1 is 1.12 bits per heavy atom. The minimum absolute atomic E-state index is 0.0881. The van der Waals surface area contributed by atoms with Crippen LogP contribution in [0, 0.1) is 0 Å². The summed E-state index contributed by atoms with van der Waals surface area (Å²) < 4.78 is 11.4. The van der Waals surface area contributed by atoms with E-state index < -0.39 is 5.97 Å². The fourth-order valence-electron chi connectivity index (χ4n) is 3.12. The highest BCUT2D eigenvalue weighted by Crippen LogP contribution is 2.20. The van der Waals surface area contributed by atoms with Gasteiger partial charge < -0.3 is 14.4 Å². The number of rotatable bonds is 9. The van der Waals surface area contributed by atoms with E-state index >= 15 is 0 Å². The zero-order chi connectivity index (χ0) is 23.1. The molecule has 0 aliphatic carbocycles. The number of aromatic nitrogens is 2. The Hall–Kier alpha value is -3.17. The Morgan fingerprint density at radius 2 is 1.88 bits per heavy atom. The van der Waals surface area contributed by atoms with Crippen LogP contribution >= 0.6 is 11.8 Å². The standard InChI is InChI=1S/C23H25N3O5S/c1-25(14-16-7-5-4-6-8-16)20(27)15-32-23-24-19-13-17(22(29)31-3)9-10-18(19)21(28)26(23)11-12-30-2/h4-10,13H,11-12,14-15H2,1-3H3. The lowest BCUT2D eigenvalue weighted by molar-refractivity contribution is -0.127. The van der Waals surface area contributed by atoms with E-state index in [9.17, 15) is 14.4 Å². The number of hydrogen-bond donors (Lipinski definition) is 0. The summed E-state index contributed by atoms with van der Waals surface area (Å²) in [5.41, 5.74) is 1.45. The average molecular weight is 456 g/mol. The van der Waals surface area contributed by atoms with Gasteiger partial charge >= 0.3 is 5.97 Å². The van der Waals surface area contributed by atoms with Crippen molar-refractivity contribution >= 4 is 34.5 Å². The molecule has 0 aliphatic heterocycles. The summed E-state index contributed by atoms with van der Waals surface area (Å²) in [6, 6.07) is 14.3. The summed E-state index contributed by atoms with van der Waals surface area (Å²) in [6.45, 7) is 1.11. The van der Waals surface area contributed by atoms with Gasteiger partial charge in [-0.3, -0.25) is 14.2 Å². The van der Waals surface area contributed by atoms with Crippen molar-refractivity contribution < 1.29 is 19.1 Å². The number of benzene rings is 2. The van der Waals surface area contributed by atoms with E-state index in [1.54, 1.807) is 25.1 Å². The van der Waals surface area contributed by atoms with Gasteiger partial charge in [0, 0.05) is 20.7 Å². The molecule has 0 saturated carbocycles. The Morgan fingerprint density at radius 3 is 2.56 bits per heavy atom. The molecule has 1 amide bonds. The molecule has 0 N–H and O–H groups in total. The Kier molecular flexibility index (Phi) is 8.02. The van der Waals surface area contributed by atoms with Crippen LogP contribution in [0.5, 0.6) is 0 Å². The van der Waals surface area contributed by atoms with E-state index in [4.69, 9.17) is 9.47 Å². The van der Waals surface area contributed by atoms with Gasteiger partial charge in [-0.1, -0.05) is 42.1 Å². The molecular formula is C23H25N3O5S. The zero-order valence-electron chi connectivity index (χ0n) is 18.2. The number of carbonyl (C=O) groups excluding carboxylic acids is 2. The second-order valence-electron chi connectivity index (χ2n) is 7.09. The predicted molar refractivity (Wildman–Crippen MR) is 123 cm³/mol. The molecule has 0 radical (unpaired) electrons. The van der Waals surface area contributed by atoms with Crippen molar-refractivity contribution in [2.45, 2.75) is 18.2 Å². The first-order valence-electron chi connectivity index (χ1n) is 9.97. The van der Waals surface area contributed by atoms with Crippen LogP contribution in [-0.4, -0.2) is 60.0 Å². The smallest absolute Gasteiger partial charge is 0.337 e. The maximum absolute atomic E-state index is 13.1. The Bertz CT molecular complexity index is 1160.